The monoisotopic (exact) mass is 308 g/mol. The van der Waals surface area contributed by atoms with Crippen LogP contribution in [0.15, 0.2) is 24.3 Å². The number of para-hydroxylation sites is 1. The standard InChI is InChI=1S/C14H20N4O4/c1-8(7-9-5-3-4-6-10(9)22-2)17-14(21)18-11(12(15)19)13(16)20/h3-6,8,11H,7H2,1-2H3,(H2,15,19)(H2,16,20)(H2,17,18,21). The lowest BCUT2D eigenvalue weighted by atomic mass is 10.1. The number of carbonyl (C=O) groups excluding carboxylic acids is 3. The van der Waals surface area contributed by atoms with Crippen molar-refractivity contribution in [2.75, 3.05) is 7.11 Å². The summed E-state index contributed by atoms with van der Waals surface area (Å²) in [7, 11) is 1.56. The van der Waals surface area contributed by atoms with E-state index in [1.54, 1.807) is 14.0 Å². The van der Waals surface area contributed by atoms with Gasteiger partial charge >= 0.3 is 6.03 Å². The number of rotatable bonds is 7. The van der Waals surface area contributed by atoms with Gasteiger partial charge in [0.25, 0.3) is 0 Å². The highest BCUT2D eigenvalue weighted by molar-refractivity contribution is 6.05. The highest BCUT2D eigenvalue weighted by Crippen LogP contribution is 2.18. The lowest BCUT2D eigenvalue weighted by Crippen LogP contribution is -2.56. The molecule has 0 bridgehead atoms. The lowest BCUT2D eigenvalue weighted by molar-refractivity contribution is -0.128. The molecule has 0 aromatic heterocycles. The Balaban J connectivity index is 2.61. The number of methoxy groups -OCH3 is 1. The third-order valence-electron chi connectivity index (χ3n) is 2.94. The van der Waals surface area contributed by atoms with Crippen molar-refractivity contribution >= 4 is 17.8 Å². The van der Waals surface area contributed by atoms with E-state index in [1.165, 1.54) is 0 Å². The molecule has 6 N–H and O–H groups in total. The van der Waals surface area contributed by atoms with E-state index in [9.17, 15) is 14.4 Å². The number of primary amides is 2. The van der Waals surface area contributed by atoms with E-state index in [1.807, 2.05) is 24.3 Å². The zero-order chi connectivity index (χ0) is 16.7. The van der Waals surface area contributed by atoms with Gasteiger partial charge in [0, 0.05) is 6.04 Å². The molecule has 0 aliphatic rings. The van der Waals surface area contributed by atoms with Crippen molar-refractivity contribution in [3.05, 3.63) is 29.8 Å². The second-order valence-electron chi connectivity index (χ2n) is 4.77. The van der Waals surface area contributed by atoms with E-state index >= 15 is 0 Å². The van der Waals surface area contributed by atoms with Gasteiger partial charge < -0.3 is 26.8 Å². The summed E-state index contributed by atoms with van der Waals surface area (Å²) in [5.41, 5.74) is 10.9. The average molecular weight is 308 g/mol. The molecule has 120 valence electrons. The minimum absolute atomic E-state index is 0.266. The summed E-state index contributed by atoms with van der Waals surface area (Å²) in [6.07, 6.45) is 0.509. The van der Waals surface area contributed by atoms with E-state index in [0.29, 0.717) is 12.2 Å². The molecule has 8 nitrogen and oxygen atoms in total. The molecule has 4 amide bonds. The van der Waals surface area contributed by atoms with Crippen molar-refractivity contribution in [3.8, 4) is 5.75 Å². The molecule has 1 atom stereocenters. The van der Waals surface area contributed by atoms with E-state index in [0.717, 1.165) is 5.56 Å². The number of benzene rings is 1. The molecule has 0 spiro atoms. The van der Waals surface area contributed by atoms with Crippen LogP contribution < -0.4 is 26.8 Å². The Morgan fingerprint density at radius 1 is 1.14 bits per heavy atom. The van der Waals surface area contributed by atoms with Crippen molar-refractivity contribution in [2.24, 2.45) is 11.5 Å². The van der Waals surface area contributed by atoms with Crippen molar-refractivity contribution in [3.63, 3.8) is 0 Å². The van der Waals surface area contributed by atoms with E-state index in [4.69, 9.17) is 16.2 Å². The van der Waals surface area contributed by atoms with Crippen LogP contribution in [0.1, 0.15) is 12.5 Å². The number of ether oxygens (including phenoxy) is 1. The molecule has 0 aliphatic carbocycles. The SMILES string of the molecule is COc1ccccc1CC(C)NC(=O)NC(C(N)=O)C(N)=O. The third kappa shape index (κ3) is 4.97. The second-order valence-corrected chi connectivity index (χ2v) is 4.77. The van der Waals surface area contributed by atoms with Gasteiger partial charge in [-0.3, -0.25) is 9.59 Å². The van der Waals surface area contributed by atoms with Crippen molar-refractivity contribution in [1.29, 1.82) is 0 Å². The highest BCUT2D eigenvalue weighted by atomic mass is 16.5. The summed E-state index contributed by atoms with van der Waals surface area (Å²) in [5, 5.41) is 4.73. The quantitative estimate of drug-likeness (QED) is 0.493. The maximum Gasteiger partial charge on any atom is 0.316 e. The first-order chi connectivity index (χ1) is 10.3. The Bertz CT molecular complexity index is 548. The fraction of sp³-hybridized carbons (Fsp3) is 0.357. The predicted molar refractivity (Wildman–Crippen MR) is 80.0 cm³/mol. The largest absolute Gasteiger partial charge is 0.496 e. The highest BCUT2D eigenvalue weighted by Gasteiger charge is 2.24. The first-order valence-corrected chi connectivity index (χ1v) is 6.62. The smallest absolute Gasteiger partial charge is 0.316 e. The Morgan fingerprint density at radius 3 is 2.27 bits per heavy atom. The summed E-state index contributed by atoms with van der Waals surface area (Å²) in [6.45, 7) is 1.77. The molecular formula is C14H20N4O4. The molecule has 1 aromatic carbocycles. The molecule has 0 radical (unpaired) electrons. The van der Waals surface area contributed by atoms with Crippen LogP contribution in [-0.4, -0.2) is 37.0 Å². The zero-order valence-corrected chi connectivity index (χ0v) is 12.5. The van der Waals surface area contributed by atoms with Gasteiger partial charge in [0.05, 0.1) is 7.11 Å². The number of hydrogen-bond donors (Lipinski definition) is 4. The van der Waals surface area contributed by atoms with Gasteiger partial charge in [-0.2, -0.15) is 0 Å². The normalized spacial score (nSPS) is 11.6. The average Bonchev–Trinajstić information content (AvgIpc) is 2.44. The van der Waals surface area contributed by atoms with Gasteiger partial charge in [-0.05, 0) is 25.0 Å². The van der Waals surface area contributed by atoms with Gasteiger partial charge in [0.2, 0.25) is 11.8 Å². The van der Waals surface area contributed by atoms with Crippen LogP contribution in [0.3, 0.4) is 0 Å². The molecule has 1 aromatic rings. The zero-order valence-electron chi connectivity index (χ0n) is 12.5. The molecule has 22 heavy (non-hydrogen) atoms. The minimum Gasteiger partial charge on any atom is -0.496 e. The van der Waals surface area contributed by atoms with Crippen molar-refractivity contribution in [2.45, 2.75) is 25.4 Å². The van der Waals surface area contributed by atoms with Crippen LogP contribution in [0.25, 0.3) is 0 Å². The molecule has 8 heteroatoms. The summed E-state index contributed by atoms with van der Waals surface area (Å²) in [5.74, 6) is -1.32. The predicted octanol–water partition coefficient (Wildman–Crippen LogP) is -0.735. The number of nitrogens with two attached hydrogens (primary N) is 2. The summed E-state index contributed by atoms with van der Waals surface area (Å²) < 4.78 is 5.23. The fourth-order valence-electron chi connectivity index (χ4n) is 1.93. The number of hydrogen-bond acceptors (Lipinski definition) is 4. The van der Waals surface area contributed by atoms with Crippen LogP contribution in [0, 0.1) is 0 Å². The topological polar surface area (TPSA) is 137 Å². The van der Waals surface area contributed by atoms with Crippen LogP contribution in [0.2, 0.25) is 0 Å². The molecular weight excluding hydrogens is 288 g/mol. The van der Waals surface area contributed by atoms with Crippen LogP contribution in [0.5, 0.6) is 5.75 Å². The number of urea groups is 1. The number of amides is 4. The third-order valence-corrected chi connectivity index (χ3v) is 2.94. The van der Waals surface area contributed by atoms with Gasteiger partial charge in [-0.15, -0.1) is 0 Å². The van der Waals surface area contributed by atoms with Gasteiger partial charge in [-0.1, -0.05) is 18.2 Å². The first kappa shape index (κ1) is 17.3. The van der Waals surface area contributed by atoms with Gasteiger partial charge in [-0.25, -0.2) is 4.79 Å². The van der Waals surface area contributed by atoms with Gasteiger partial charge in [0.15, 0.2) is 6.04 Å². The molecule has 0 fully saturated rings. The molecule has 0 heterocycles. The van der Waals surface area contributed by atoms with E-state index in [-0.39, 0.29) is 6.04 Å². The molecule has 1 rings (SSSR count). The second kappa shape index (κ2) is 7.87. The van der Waals surface area contributed by atoms with Crippen LogP contribution in [-0.2, 0) is 16.0 Å². The Kier molecular flexibility index (Phi) is 6.18. The fourth-order valence-corrected chi connectivity index (χ4v) is 1.93. The van der Waals surface area contributed by atoms with E-state index in [2.05, 4.69) is 10.6 Å². The molecule has 1 unspecified atom stereocenters. The molecule has 0 saturated carbocycles. The summed E-state index contributed by atoms with van der Waals surface area (Å²) >= 11 is 0. The van der Waals surface area contributed by atoms with E-state index < -0.39 is 23.9 Å². The number of carbonyl (C=O) groups is 3. The first-order valence-electron chi connectivity index (χ1n) is 6.62. The summed E-state index contributed by atoms with van der Waals surface area (Å²) in [6, 6.07) is 4.89. The van der Waals surface area contributed by atoms with Crippen molar-refractivity contribution in [1.82, 2.24) is 10.6 Å². The minimum atomic E-state index is -1.54. The maximum atomic E-state index is 11.7. The number of nitrogens with one attached hydrogen (secondary N) is 2. The molecule has 0 saturated heterocycles. The Morgan fingerprint density at radius 2 is 1.73 bits per heavy atom. The summed E-state index contributed by atoms with van der Waals surface area (Å²) in [4.78, 5) is 33.7. The maximum absolute atomic E-state index is 11.7. The Hall–Kier alpha value is -2.77. The van der Waals surface area contributed by atoms with Crippen molar-refractivity contribution < 1.29 is 19.1 Å². The molecule has 0 aliphatic heterocycles. The van der Waals surface area contributed by atoms with Gasteiger partial charge in [0.1, 0.15) is 5.75 Å². The van der Waals surface area contributed by atoms with Crippen LogP contribution in [0.4, 0.5) is 4.79 Å². The van der Waals surface area contributed by atoms with Crippen LogP contribution >= 0.6 is 0 Å². The Labute approximate surface area is 128 Å². The lowest BCUT2D eigenvalue weighted by Gasteiger charge is -2.18.